The lowest BCUT2D eigenvalue weighted by molar-refractivity contribution is 0.102. The van der Waals surface area contributed by atoms with Crippen molar-refractivity contribution in [3.63, 3.8) is 0 Å². The molecule has 2 rings (SSSR count). The summed E-state index contributed by atoms with van der Waals surface area (Å²) in [5.74, 6) is -0.109. The Morgan fingerprint density at radius 2 is 1.80 bits per heavy atom. The molecule has 0 heterocycles. The molecule has 0 unspecified atom stereocenters. The van der Waals surface area contributed by atoms with Gasteiger partial charge in [-0.05, 0) is 71.2 Å². The molecule has 1 amide bonds. The summed E-state index contributed by atoms with van der Waals surface area (Å²) in [4.78, 5) is 12.3. The molecule has 0 atom stereocenters. The lowest BCUT2D eigenvalue weighted by Crippen LogP contribution is -2.12. The fourth-order valence-electron chi connectivity index (χ4n) is 2.01. The second kappa shape index (κ2) is 6.09. The predicted octanol–water partition coefficient (Wildman–Crippen LogP) is 4.36. The quantitative estimate of drug-likeness (QED) is 0.876. The maximum Gasteiger partial charge on any atom is 0.255 e. The maximum atomic E-state index is 12.3. The smallest absolute Gasteiger partial charge is 0.255 e. The minimum Gasteiger partial charge on any atom is -0.388 e. The van der Waals surface area contributed by atoms with Crippen molar-refractivity contribution in [2.45, 2.75) is 13.8 Å². The lowest BCUT2D eigenvalue weighted by Gasteiger charge is -2.10. The molecule has 0 spiro atoms. The highest BCUT2D eigenvalue weighted by atomic mass is 79.9. The number of carbonyl (C=O) groups excluding carboxylic acids is 1. The molecule has 0 aliphatic carbocycles. The second-order valence-corrected chi connectivity index (χ2v) is 5.57. The van der Waals surface area contributed by atoms with E-state index in [1.54, 1.807) is 0 Å². The van der Waals surface area contributed by atoms with Crippen LogP contribution >= 0.6 is 15.9 Å². The van der Waals surface area contributed by atoms with Crippen LogP contribution in [0.25, 0.3) is 0 Å². The molecule has 0 aliphatic rings. The van der Waals surface area contributed by atoms with Crippen LogP contribution in [0.2, 0.25) is 0 Å². The number of carbonyl (C=O) groups is 1. The molecule has 0 aromatic heterocycles. The monoisotopic (exact) mass is 332 g/mol. The van der Waals surface area contributed by atoms with E-state index in [-0.39, 0.29) is 5.91 Å². The zero-order valence-corrected chi connectivity index (χ0v) is 13.3. The van der Waals surface area contributed by atoms with Gasteiger partial charge >= 0.3 is 0 Å². The average Bonchev–Trinajstić information content (AvgIpc) is 2.42. The molecule has 0 saturated heterocycles. The van der Waals surface area contributed by atoms with Crippen LogP contribution in [0.3, 0.4) is 0 Å². The van der Waals surface area contributed by atoms with Gasteiger partial charge in [-0.15, -0.1) is 0 Å². The zero-order valence-electron chi connectivity index (χ0n) is 11.8. The third-order valence-electron chi connectivity index (χ3n) is 3.13. The van der Waals surface area contributed by atoms with Crippen LogP contribution in [0, 0.1) is 13.8 Å². The molecule has 20 heavy (non-hydrogen) atoms. The summed E-state index contributed by atoms with van der Waals surface area (Å²) in [6, 6.07) is 11.5. The van der Waals surface area contributed by atoms with Gasteiger partial charge in [-0.1, -0.05) is 6.07 Å². The topological polar surface area (TPSA) is 41.1 Å². The first kappa shape index (κ1) is 14.6. The Morgan fingerprint density at radius 1 is 1.05 bits per heavy atom. The van der Waals surface area contributed by atoms with Gasteiger partial charge in [0.25, 0.3) is 5.91 Å². The van der Waals surface area contributed by atoms with E-state index in [9.17, 15) is 4.79 Å². The van der Waals surface area contributed by atoms with E-state index in [0.29, 0.717) is 5.56 Å². The predicted molar refractivity (Wildman–Crippen MR) is 87.6 cm³/mol. The van der Waals surface area contributed by atoms with Crippen LogP contribution in [-0.2, 0) is 0 Å². The Morgan fingerprint density at radius 3 is 2.45 bits per heavy atom. The third-order valence-corrected chi connectivity index (χ3v) is 3.82. The van der Waals surface area contributed by atoms with Crippen molar-refractivity contribution in [3.05, 3.63) is 57.6 Å². The maximum absolute atomic E-state index is 12.3. The van der Waals surface area contributed by atoms with E-state index in [4.69, 9.17) is 0 Å². The van der Waals surface area contributed by atoms with Gasteiger partial charge in [0.05, 0.1) is 5.69 Å². The van der Waals surface area contributed by atoms with E-state index in [1.165, 1.54) is 0 Å². The summed E-state index contributed by atoms with van der Waals surface area (Å²) in [6.45, 7) is 3.97. The van der Waals surface area contributed by atoms with Gasteiger partial charge in [0, 0.05) is 22.8 Å². The molecule has 2 aromatic rings. The van der Waals surface area contributed by atoms with Gasteiger partial charge in [-0.25, -0.2) is 0 Å². The van der Waals surface area contributed by atoms with Gasteiger partial charge in [0.15, 0.2) is 0 Å². The first-order valence-electron chi connectivity index (χ1n) is 6.37. The van der Waals surface area contributed by atoms with Crippen molar-refractivity contribution in [1.82, 2.24) is 0 Å². The minimum absolute atomic E-state index is 0.109. The highest BCUT2D eigenvalue weighted by molar-refractivity contribution is 9.10. The van der Waals surface area contributed by atoms with Crippen LogP contribution < -0.4 is 10.6 Å². The molecule has 2 aromatic carbocycles. The molecule has 2 N–H and O–H groups in total. The Bertz CT molecular complexity index is 653. The third kappa shape index (κ3) is 3.20. The number of hydrogen-bond acceptors (Lipinski definition) is 2. The Labute approximate surface area is 127 Å². The summed E-state index contributed by atoms with van der Waals surface area (Å²) in [7, 11) is 1.87. The summed E-state index contributed by atoms with van der Waals surface area (Å²) >= 11 is 3.44. The summed E-state index contributed by atoms with van der Waals surface area (Å²) < 4.78 is 0.875. The fraction of sp³-hybridized carbons (Fsp3) is 0.188. The summed E-state index contributed by atoms with van der Waals surface area (Å²) in [6.07, 6.45) is 0. The molecule has 0 saturated carbocycles. The fourth-order valence-corrected chi connectivity index (χ4v) is 2.36. The largest absolute Gasteiger partial charge is 0.388 e. The van der Waals surface area contributed by atoms with Crippen LogP contribution in [0.1, 0.15) is 21.5 Å². The highest BCUT2D eigenvalue weighted by Crippen LogP contribution is 2.24. The van der Waals surface area contributed by atoms with Crippen molar-refractivity contribution in [2.24, 2.45) is 0 Å². The minimum atomic E-state index is -0.109. The molecule has 104 valence electrons. The van der Waals surface area contributed by atoms with Crippen molar-refractivity contribution < 1.29 is 4.79 Å². The van der Waals surface area contributed by atoms with Crippen LogP contribution in [0.5, 0.6) is 0 Å². The van der Waals surface area contributed by atoms with E-state index in [0.717, 1.165) is 27.0 Å². The number of hydrogen-bond donors (Lipinski definition) is 2. The number of aryl methyl sites for hydroxylation is 2. The number of rotatable bonds is 3. The molecule has 0 aliphatic heterocycles. The van der Waals surface area contributed by atoms with Crippen molar-refractivity contribution in [3.8, 4) is 0 Å². The lowest BCUT2D eigenvalue weighted by atomic mass is 10.1. The first-order chi connectivity index (χ1) is 9.51. The van der Waals surface area contributed by atoms with Crippen molar-refractivity contribution >= 4 is 33.2 Å². The molecule has 0 fully saturated rings. The first-order valence-corrected chi connectivity index (χ1v) is 7.16. The normalized spacial score (nSPS) is 10.2. The molecule has 0 bridgehead atoms. The summed E-state index contributed by atoms with van der Waals surface area (Å²) in [5.41, 5.74) is 4.60. The van der Waals surface area contributed by atoms with Gasteiger partial charge < -0.3 is 10.6 Å². The van der Waals surface area contributed by atoms with Gasteiger partial charge in [0.2, 0.25) is 0 Å². The van der Waals surface area contributed by atoms with Crippen molar-refractivity contribution in [1.29, 1.82) is 0 Å². The molecule has 3 nitrogen and oxygen atoms in total. The SMILES string of the molecule is CNc1ccc(C(=O)Nc2cc(C)ccc2Br)cc1C. The Kier molecular flexibility index (Phi) is 4.45. The number of amides is 1. The number of halogens is 1. The summed E-state index contributed by atoms with van der Waals surface area (Å²) in [5, 5.41) is 6.01. The van der Waals surface area contributed by atoms with Crippen LogP contribution in [0.15, 0.2) is 40.9 Å². The second-order valence-electron chi connectivity index (χ2n) is 4.72. The molecule has 0 radical (unpaired) electrons. The van der Waals surface area contributed by atoms with Crippen LogP contribution in [-0.4, -0.2) is 13.0 Å². The number of anilines is 2. The average molecular weight is 333 g/mol. The Hall–Kier alpha value is -1.81. The van der Waals surface area contributed by atoms with E-state index >= 15 is 0 Å². The van der Waals surface area contributed by atoms with Gasteiger partial charge in [0.1, 0.15) is 0 Å². The molecule has 4 heteroatoms. The number of benzene rings is 2. The van der Waals surface area contributed by atoms with Gasteiger partial charge in [-0.2, -0.15) is 0 Å². The van der Waals surface area contributed by atoms with E-state index < -0.39 is 0 Å². The van der Waals surface area contributed by atoms with E-state index in [1.807, 2.05) is 57.3 Å². The number of nitrogens with one attached hydrogen (secondary N) is 2. The van der Waals surface area contributed by atoms with Gasteiger partial charge in [-0.3, -0.25) is 4.79 Å². The van der Waals surface area contributed by atoms with E-state index in [2.05, 4.69) is 26.6 Å². The Balaban J connectivity index is 2.24. The zero-order chi connectivity index (χ0) is 14.7. The molecular weight excluding hydrogens is 316 g/mol. The standard InChI is InChI=1S/C16H17BrN2O/c1-10-4-6-13(17)15(8-10)19-16(20)12-5-7-14(18-3)11(2)9-12/h4-9,18H,1-3H3,(H,19,20). The van der Waals surface area contributed by atoms with Crippen LogP contribution in [0.4, 0.5) is 11.4 Å². The highest BCUT2D eigenvalue weighted by Gasteiger charge is 2.09. The van der Waals surface area contributed by atoms with Crippen molar-refractivity contribution in [2.75, 3.05) is 17.7 Å². The molecular formula is C16H17BrN2O.